The van der Waals surface area contributed by atoms with Crippen LogP contribution in [0.5, 0.6) is 0 Å². The first-order valence-electron chi connectivity index (χ1n) is 6.19. The number of likely N-dealkylation sites (N-methyl/N-ethyl adjacent to an activating group) is 1. The number of carbonyl (C=O) groups excluding carboxylic acids is 1. The minimum atomic E-state index is -0.433. The number of amides is 1. The standard InChI is InChI=1S/C13H17N3O3/c1-8(2)11-13(17)15(3)12(14-11)9-4-6-10(7-5-9)16(18)19/h4-8,11-12,14H,1-3H3. The first kappa shape index (κ1) is 13.5. The molecule has 6 heteroatoms. The van der Waals surface area contributed by atoms with Crippen molar-refractivity contribution in [3.8, 4) is 0 Å². The van der Waals surface area contributed by atoms with Crippen molar-refractivity contribution < 1.29 is 9.72 Å². The zero-order valence-electron chi connectivity index (χ0n) is 11.2. The van der Waals surface area contributed by atoms with Crippen LogP contribution in [0.2, 0.25) is 0 Å². The van der Waals surface area contributed by atoms with Gasteiger partial charge >= 0.3 is 0 Å². The largest absolute Gasteiger partial charge is 0.325 e. The summed E-state index contributed by atoms with van der Waals surface area (Å²) in [5, 5.41) is 13.9. The molecule has 0 saturated carbocycles. The van der Waals surface area contributed by atoms with Crippen LogP contribution in [-0.2, 0) is 4.79 Å². The number of non-ortho nitro benzene ring substituents is 1. The van der Waals surface area contributed by atoms with Gasteiger partial charge in [0.05, 0.1) is 11.0 Å². The van der Waals surface area contributed by atoms with Crippen molar-refractivity contribution in [2.45, 2.75) is 26.1 Å². The zero-order valence-corrected chi connectivity index (χ0v) is 11.2. The lowest BCUT2D eigenvalue weighted by atomic mass is 10.1. The molecular formula is C13H17N3O3. The number of hydrogen-bond donors (Lipinski definition) is 1. The maximum Gasteiger partial charge on any atom is 0.269 e. The van der Waals surface area contributed by atoms with E-state index in [1.54, 1.807) is 24.1 Å². The molecule has 1 aliphatic rings. The Morgan fingerprint density at radius 3 is 2.32 bits per heavy atom. The van der Waals surface area contributed by atoms with E-state index in [2.05, 4.69) is 5.32 Å². The Morgan fingerprint density at radius 1 is 1.32 bits per heavy atom. The summed E-state index contributed by atoms with van der Waals surface area (Å²) in [6.45, 7) is 3.98. The Bertz CT molecular complexity index is 498. The van der Waals surface area contributed by atoms with Crippen molar-refractivity contribution in [2.24, 2.45) is 5.92 Å². The number of nitrogens with one attached hydrogen (secondary N) is 1. The fourth-order valence-electron chi connectivity index (χ4n) is 2.28. The summed E-state index contributed by atoms with van der Waals surface area (Å²) in [6.07, 6.45) is -0.222. The van der Waals surface area contributed by atoms with Gasteiger partial charge in [-0.25, -0.2) is 0 Å². The topological polar surface area (TPSA) is 75.5 Å². The van der Waals surface area contributed by atoms with Crippen LogP contribution in [0.15, 0.2) is 24.3 Å². The fraction of sp³-hybridized carbons (Fsp3) is 0.462. The Morgan fingerprint density at radius 2 is 1.89 bits per heavy atom. The molecule has 0 bridgehead atoms. The third-order valence-corrected chi connectivity index (χ3v) is 3.42. The third-order valence-electron chi connectivity index (χ3n) is 3.42. The number of benzene rings is 1. The molecule has 19 heavy (non-hydrogen) atoms. The summed E-state index contributed by atoms with van der Waals surface area (Å²) in [4.78, 5) is 23.9. The lowest BCUT2D eigenvalue weighted by Crippen LogP contribution is -2.33. The smallest absolute Gasteiger partial charge is 0.269 e. The summed E-state index contributed by atoms with van der Waals surface area (Å²) >= 11 is 0. The molecule has 1 aromatic rings. The normalized spacial score (nSPS) is 23.2. The predicted octanol–water partition coefficient (Wildman–Crippen LogP) is 1.68. The molecule has 2 rings (SSSR count). The molecule has 2 atom stereocenters. The number of nitro benzene ring substituents is 1. The summed E-state index contributed by atoms with van der Waals surface area (Å²) < 4.78 is 0. The molecule has 0 radical (unpaired) electrons. The molecule has 1 saturated heterocycles. The van der Waals surface area contributed by atoms with Gasteiger partial charge in [0.1, 0.15) is 6.17 Å². The summed E-state index contributed by atoms with van der Waals surface area (Å²) in [5.74, 6) is 0.261. The Labute approximate surface area is 111 Å². The quantitative estimate of drug-likeness (QED) is 0.665. The van der Waals surface area contributed by atoms with Gasteiger partial charge in [0, 0.05) is 19.2 Å². The van der Waals surface area contributed by atoms with Gasteiger partial charge in [-0.05, 0) is 23.6 Å². The number of nitrogens with zero attached hydrogens (tertiary/aromatic N) is 2. The molecule has 1 fully saturated rings. The lowest BCUT2D eigenvalue weighted by molar-refractivity contribution is -0.384. The number of hydrogen-bond acceptors (Lipinski definition) is 4. The molecule has 6 nitrogen and oxygen atoms in total. The van der Waals surface area contributed by atoms with Crippen molar-refractivity contribution in [3.63, 3.8) is 0 Å². The summed E-state index contributed by atoms with van der Waals surface area (Å²) in [5.41, 5.74) is 0.903. The molecule has 102 valence electrons. The number of nitro groups is 1. The molecular weight excluding hydrogens is 246 g/mol. The van der Waals surface area contributed by atoms with Crippen LogP contribution >= 0.6 is 0 Å². The van der Waals surface area contributed by atoms with Crippen LogP contribution < -0.4 is 5.32 Å². The van der Waals surface area contributed by atoms with E-state index in [-0.39, 0.29) is 29.7 Å². The average molecular weight is 263 g/mol. The molecule has 1 heterocycles. The molecule has 2 unspecified atom stereocenters. The molecule has 1 N–H and O–H groups in total. The van der Waals surface area contributed by atoms with Crippen molar-refractivity contribution >= 4 is 11.6 Å². The maximum atomic E-state index is 12.1. The maximum absolute atomic E-state index is 12.1. The first-order chi connectivity index (χ1) is 8.91. The van der Waals surface area contributed by atoms with Gasteiger partial charge in [0.15, 0.2) is 0 Å². The minimum Gasteiger partial charge on any atom is -0.325 e. The minimum absolute atomic E-state index is 0.0520. The van der Waals surface area contributed by atoms with Gasteiger partial charge in [-0.15, -0.1) is 0 Å². The second-order valence-electron chi connectivity index (χ2n) is 5.09. The van der Waals surface area contributed by atoms with E-state index >= 15 is 0 Å². The third kappa shape index (κ3) is 2.44. The van der Waals surface area contributed by atoms with Gasteiger partial charge in [-0.1, -0.05) is 13.8 Å². The molecule has 0 aliphatic carbocycles. The van der Waals surface area contributed by atoms with Crippen LogP contribution in [0.25, 0.3) is 0 Å². The highest BCUT2D eigenvalue weighted by Crippen LogP contribution is 2.27. The van der Waals surface area contributed by atoms with Crippen molar-refractivity contribution in [1.29, 1.82) is 0 Å². The number of rotatable bonds is 3. The highest BCUT2D eigenvalue weighted by molar-refractivity contribution is 5.84. The summed E-state index contributed by atoms with van der Waals surface area (Å²) in [7, 11) is 1.74. The fourth-order valence-corrected chi connectivity index (χ4v) is 2.28. The van der Waals surface area contributed by atoms with E-state index < -0.39 is 4.92 Å². The Balaban J connectivity index is 2.23. The van der Waals surface area contributed by atoms with E-state index in [0.717, 1.165) is 5.56 Å². The second-order valence-corrected chi connectivity index (χ2v) is 5.09. The molecule has 1 amide bonds. The van der Waals surface area contributed by atoms with E-state index in [1.807, 2.05) is 13.8 Å². The SMILES string of the molecule is CC(C)C1NC(c2ccc([N+](=O)[O-])cc2)N(C)C1=O. The highest BCUT2D eigenvalue weighted by Gasteiger charge is 2.38. The monoisotopic (exact) mass is 263 g/mol. The van der Waals surface area contributed by atoms with Crippen molar-refractivity contribution in [1.82, 2.24) is 10.2 Å². The Kier molecular flexibility index (Phi) is 3.53. The van der Waals surface area contributed by atoms with Crippen LogP contribution in [-0.4, -0.2) is 28.8 Å². The summed E-state index contributed by atoms with van der Waals surface area (Å²) in [6, 6.07) is 6.07. The van der Waals surface area contributed by atoms with Crippen LogP contribution in [0.3, 0.4) is 0 Å². The first-order valence-corrected chi connectivity index (χ1v) is 6.19. The van der Waals surface area contributed by atoms with Crippen LogP contribution in [0.1, 0.15) is 25.6 Å². The van der Waals surface area contributed by atoms with Gasteiger partial charge < -0.3 is 4.90 Å². The van der Waals surface area contributed by atoms with Crippen molar-refractivity contribution in [2.75, 3.05) is 7.05 Å². The van der Waals surface area contributed by atoms with Gasteiger partial charge in [-0.3, -0.25) is 20.2 Å². The van der Waals surface area contributed by atoms with E-state index in [0.29, 0.717) is 0 Å². The zero-order chi connectivity index (χ0) is 14.2. The van der Waals surface area contributed by atoms with Gasteiger partial charge in [0.2, 0.25) is 5.91 Å². The average Bonchev–Trinajstić information content (AvgIpc) is 2.67. The van der Waals surface area contributed by atoms with Gasteiger partial charge in [-0.2, -0.15) is 0 Å². The van der Waals surface area contributed by atoms with Gasteiger partial charge in [0.25, 0.3) is 5.69 Å². The van der Waals surface area contributed by atoms with E-state index in [9.17, 15) is 14.9 Å². The van der Waals surface area contributed by atoms with Crippen LogP contribution in [0, 0.1) is 16.0 Å². The predicted molar refractivity (Wildman–Crippen MR) is 70.4 cm³/mol. The van der Waals surface area contributed by atoms with E-state index in [4.69, 9.17) is 0 Å². The highest BCUT2D eigenvalue weighted by atomic mass is 16.6. The molecule has 0 spiro atoms. The number of carbonyl (C=O) groups is 1. The second kappa shape index (κ2) is 4.97. The Hall–Kier alpha value is -1.95. The van der Waals surface area contributed by atoms with Crippen molar-refractivity contribution in [3.05, 3.63) is 39.9 Å². The molecule has 1 aromatic carbocycles. The van der Waals surface area contributed by atoms with Crippen LogP contribution in [0.4, 0.5) is 5.69 Å². The lowest BCUT2D eigenvalue weighted by Gasteiger charge is -2.19. The van der Waals surface area contributed by atoms with E-state index in [1.165, 1.54) is 12.1 Å². The molecule has 1 aliphatic heterocycles. The molecule has 0 aromatic heterocycles.